The first kappa shape index (κ1) is 14.8. The van der Waals surface area contributed by atoms with E-state index in [-0.39, 0.29) is 12.6 Å². The number of nitrogens with one attached hydrogen (secondary N) is 2. The molecule has 15 heavy (non-hydrogen) atoms. The van der Waals surface area contributed by atoms with Gasteiger partial charge in [-0.3, -0.25) is 0 Å². The molecule has 0 aromatic heterocycles. The Morgan fingerprint density at radius 1 is 1.27 bits per heavy atom. The van der Waals surface area contributed by atoms with Gasteiger partial charge in [0.05, 0.1) is 0 Å². The second-order valence-electron chi connectivity index (χ2n) is 4.17. The topological polar surface area (TPSA) is 84.2 Å². The first-order chi connectivity index (χ1) is 6.74. The maximum Gasteiger partial charge on any atom is 0.277 e. The van der Waals surface area contributed by atoms with Crippen molar-refractivity contribution in [1.82, 2.24) is 9.44 Å². The average Bonchev–Trinajstić information content (AvgIpc) is 2.12. The van der Waals surface area contributed by atoms with Crippen LogP contribution >= 0.6 is 0 Å². The highest BCUT2D eigenvalue weighted by atomic mass is 32.2. The van der Waals surface area contributed by atoms with Crippen molar-refractivity contribution < 1.29 is 8.42 Å². The van der Waals surface area contributed by atoms with Crippen LogP contribution in [0, 0.1) is 0 Å². The molecular weight excluding hydrogens is 214 g/mol. The highest BCUT2D eigenvalue weighted by molar-refractivity contribution is 7.87. The fraction of sp³-hybridized carbons (Fsp3) is 1.00. The van der Waals surface area contributed by atoms with Gasteiger partial charge >= 0.3 is 0 Å². The third kappa shape index (κ3) is 6.09. The lowest BCUT2D eigenvalue weighted by molar-refractivity contribution is 0.390. The van der Waals surface area contributed by atoms with E-state index >= 15 is 0 Å². The molecular formula is C9H23N3O2S. The van der Waals surface area contributed by atoms with Crippen LogP contribution in [0.5, 0.6) is 0 Å². The van der Waals surface area contributed by atoms with Gasteiger partial charge in [0.1, 0.15) is 0 Å². The van der Waals surface area contributed by atoms with Gasteiger partial charge in [-0.25, -0.2) is 4.72 Å². The predicted molar refractivity (Wildman–Crippen MR) is 62.7 cm³/mol. The summed E-state index contributed by atoms with van der Waals surface area (Å²) >= 11 is 0. The second kappa shape index (κ2) is 5.79. The van der Waals surface area contributed by atoms with Crippen molar-refractivity contribution in [3.8, 4) is 0 Å². The van der Waals surface area contributed by atoms with E-state index in [4.69, 9.17) is 5.73 Å². The fourth-order valence-electron chi connectivity index (χ4n) is 1.09. The maximum atomic E-state index is 11.4. The molecule has 5 nitrogen and oxygen atoms in total. The van der Waals surface area contributed by atoms with Crippen molar-refractivity contribution in [1.29, 1.82) is 0 Å². The second-order valence-corrected chi connectivity index (χ2v) is 5.70. The van der Waals surface area contributed by atoms with Crippen LogP contribution in [0.25, 0.3) is 0 Å². The molecule has 4 N–H and O–H groups in total. The van der Waals surface area contributed by atoms with E-state index in [0.29, 0.717) is 0 Å². The zero-order valence-corrected chi connectivity index (χ0v) is 10.8. The van der Waals surface area contributed by atoms with Crippen molar-refractivity contribution in [3.63, 3.8) is 0 Å². The summed E-state index contributed by atoms with van der Waals surface area (Å²) in [5.74, 6) is 0. The molecule has 0 aliphatic rings. The molecule has 0 spiro atoms. The van der Waals surface area contributed by atoms with Gasteiger partial charge in [0.2, 0.25) is 0 Å². The van der Waals surface area contributed by atoms with E-state index in [1.807, 2.05) is 13.8 Å². The zero-order valence-electron chi connectivity index (χ0n) is 10.0. The van der Waals surface area contributed by atoms with Crippen molar-refractivity contribution in [2.45, 2.75) is 52.1 Å². The van der Waals surface area contributed by atoms with Crippen LogP contribution in [-0.4, -0.2) is 26.5 Å². The lowest BCUT2D eigenvalue weighted by Gasteiger charge is -2.26. The summed E-state index contributed by atoms with van der Waals surface area (Å²) in [4.78, 5) is 0. The predicted octanol–water partition coefficient (Wildman–Crippen LogP) is 0.336. The first-order valence-electron chi connectivity index (χ1n) is 5.30. The molecule has 0 unspecified atom stereocenters. The van der Waals surface area contributed by atoms with E-state index < -0.39 is 15.7 Å². The summed E-state index contributed by atoms with van der Waals surface area (Å²) in [7, 11) is -3.41. The highest BCUT2D eigenvalue weighted by Crippen LogP contribution is 2.09. The zero-order chi connectivity index (χ0) is 12.1. The Bertz CT molecular complexity index is 271. The molecule has 0 saturated carbocycles. The summed E-state index contributed by atoms with van der Waals surface area (Å²) in [6.45, 7) is 7.71. The maximum absolute atomic E-state index is 11.4. The highest BCUT2D eigenvalue weighted by Gasteiger charge is 2.23. The van der Waals surface area contributed by atoms with E-state index in [1.54, 1.807) is 13.8 Å². The Labute approximate surface area is 93.0 Å². The Morgan fingerprint density at radius 2 is 1.73 bits per heavy atom. The Morgan fingerprint density at radius 3 is 2.07 bits per heavy atom. The van der Waals surface area contributed by atoms with E-state index in [0.717, 1.165) is 12.8 Å². The van der Waals surface area contributed by atoms with Crippen molar-refractivity contribution in [2.75, 3.05) is 6.54 Å². The summed E-state index contributed by atoms with van der Waals surface area (Å²) < 4.78 is 27.8. The molecule has 0 amide bonds. The molecule has 0 aromatic rings. The van der Waals surface area contributed by atoms with Gasteiger partial charge in [0.15, 0.2) is 0 Å². The van der Waals surface area contributed by atoms with Crippen LogP contribution in [0.2, 0.25) is 0 Å². The third-order valence-corrected chi connectivity index (χ3v) is 3.72. The molecule has 92 valence electrons. The van der Waals surface area contributed by atoms with Gasteiger partial charge in [0.25, 0.3) is 10.2 Å². The van der Waals surface area contributed by atoms with E-state index in [1.165, 1.54) is 0 Å². The summed E-state index contributed by atoms with van der Waals surface area (Å²) in [6.07, 6.45) is 1.49. The van der Waals surface area contributed by atoms with Crippen LogP contribution in [0.1, 0.15) is 40.5 Å². The number of hydrogen-bond donors (Lipinski definition) is 3. The summed E-state index contributed by atoms with van der Waals surface area (Å²) in [5.41, 5.74) is 5.53. The smallest absolute Gasteiger partial charge is 0.277 e. The molecule has 0 fully saturated rings. The van der Waals surface area contributed by atoms with Gasteiger partial charge in [0, 0.05) is 18.1 Å². The van der Waals surface area contributed by atoms with Crippen molar-refractivity contribution in [3.05, 3.63) is 0 Å². The van der Waals surface area contributed by atoms with Crippen molar-refractivity contribution in [2.24, 2.45) is 5.73 Å². The SMILES string of the molecule is CCC(N)(CC)CNS(=O)(=O)NC(C)C. The van der Waals surface area contributed by atoms with Crippen LogP contribution in [0.15, 0.2) is 0 Å². The van der Waals surface area contributed by atoms with Gasteiger partial charge in [-0.15, -0.1) is 0 Å². The van der Waals surface area contributed by atoms with Crippen LogP contribution in [0.3, 0.4) is 0 Å². The summed E-state index contributed by atoms with van der Waals surface area (Å²) in [5, 5.41) is 0. The molecule has 0 atom stereocenters. The van der Waals surface area contributed by atoms with Crippen molar-refractivity contribution >= 4 is 10.2 Å². The number of nitrogens with two attached hydrogens (primary N) is 1. The number of hydrogen-bond acceptors (Lipinski definition) is 3. The standard InChI is InChI=1S/C9H23N3O2S/c1-5-9(10,6-2)7-11-15(13,14)12-8(3)4/h8,11-12H,5-7,10H2,1-4H3. The Kier molecular flexibility index (Phi) is 5.72. The van der Waals surface area contributed by atoms with Crippen LogP contribution < -0.4 is 15.2 Å². The lowest BCUT2D eigenvalue weighted by atomic mass is 9.95. The van der Waals surface area contributed by atoms with Gasteiger partial charge in [-0.2, -0.15) is 13.1 Å². The first-order valence-corrected chi connectivity index (χ1v) is 6.79. The molecule has 0 radical (unpaired) electrons. The van der Waals surface area contributed by atoms with Crippen LogP contribution in [-0.2, 0) is 10.2 Å². The molecule has 0 rings (SSSR count). The average molecular weight is 237 g/mol. The molecule has 6 heteroatoms. The van der Waals surface area contributed by atoms with Gasteiger partial charge < -0.3 is 5.73 Å². The Balaban J connectivity index is 4.26. The molecule has 0 aliphatic heterocycles. The minimum atomic E-state index is -3.41. The largest absolute Gasteiger partial charge is 0.324 e. The Hall–Kier alpha value is -0.170. The fourth-order valence-corrected chi connectivity index (χ4v) is 2.27. The molecule has 0 aliphatic carbocycles. The third-order valence-electron chi connectivity index (χ3n) is 2.41. The van der Waals surface area contributed by atoms with E-state index in [2.05, 4.69) is 9.44 Å². The van der Waals surface area contributed by atoms with Crippen LogP contribution in [0.4, 0.5) is 0 Å². The van der Waals surface area contributed by atoms with Gasteiger partial charge in [-0.1, -0.05) is 13.8 Å². The summed E-state index contributed by atoms with van der Waals surface area (Å²) in [6, 6.07) is -0.113. The number of rotatable bonds is 7. The molecule has 0 bridgehead atoms. The molecule has 0 heterocycles. The quantitative estimate of drug-likeness (QED) is 0.597. The normalized spacial score (nSPS) is 13.5. The van der Waals surface area contributed by atoms with E-state index in [9.17, 15) is 8.42 Å². The van der Waals surface area contributed by atoms with Gasteiger partial charge in [-0.05, 0) is 26.7 Å². The lowest BCUT2D eigenvalue weighted by Crippen LogP contribution is -2.52. The minimum absolute atomic E-state index is 0.113. The monoisotopic (exact) mass is 237 g/mol. The molecule has 0 aromatic carbocycles. The minimum Gasteiger partial charge on any atom is -0.324 e. The molecule has 0 saturated heterocycles.